The van der Waals surface area contributed by atoms with Gasteiger partial charge in [0.1, 0.15) is 5.75 Å². The third-order valence-electron chi connectivity index (χ3n) is 3.34. The predicted octanol–water partition coefficient (Wildman–Crippen LogP) is 2.75. The number of amides is 1. The molecule has 0 aromatic heterocycles. The molecule has 5 nitrogen and oxygen atoms in total. The summed E-state index contributed by atoms with van der Waals surface area (Å²) in [6.07, 6.45) is 2.40. The number of carbonyl (C=O) groups is 2. The van der Waals surface area contributed by atoms with Gasteiger partial charge in [-0.05, 0) is 44.7 Å². The van der Waals surface area contributed by atoms with Crippen LogP contribution < -0.4 is 10.1 Å². The van der Waals surface area contributed by atoms with E-state index in [9.17, 15) is 9.59 Å². The summed E-state index contributed by atoms with van der Waals surface area (Å²) in [5.41, 5.74) is 3.23. The van der Waals surface area contributed by atoms with Crippen molar-refractivity contribution in [3.63, 3.8) is 0 Å². The smallest absolute Gasteiger partial charge is 0.303 e. The van der Waals surface area contributed by atoms with Gasteiger partial charge in [-0.3, -0.25) is 9.59 Å². The van der Waals surface area contributed by atoms with Crippen molar-refractivity contribution < 1.29 is 19.4 Å². The van der Waals surface area contributed by atoms with Crippen molar-refractivity contribution >= 4 is 11.9 Å². The van der Waals surface area contributed by atoms with Gasteiger partial charge in [-0.1, -0.05) is 24.1 Å². The highest BCUT2D eigenvalue weighted by atomic mass is 16.5. The highest BCUT2D eigenvalue weighted by Crippen LogP contribution is 2.24. The van der Waals surface area contributed by atoms with Gasteiger partial charge in [0.05, 0.1) is 0 Å². The number of carboxylic acid groups (broad SMARTS) is 1. The Morgan fingerprint density at radius 2 is 1.73 bits per heavy atom. The summed E-state index contributed by atoms with van der Waals surface area (Å²) in [6, 6.07) is 4.06. The lowest BCUT2D eigenvalue weighted by atomic mass is 10.1. The van der Waals surface area contributed by atoms with Crippen LogP contribution in [0.3, 0.4) is 0 Å². The molecule has 122 valence electrons. The summed E-state index contributed by atoms with van der Waals surface area (Å²) in [5.74, 6) is -0.166. The summed E-state index contributed by atoms with van der Waals surface area (Å²) < 4.78 is 5.60. The molecule has 1 rings (SSSR count). The van der Waals surface area contributed by atoms with E-state index < -0.39 is 5.97 Å². The number of rotatable bonds is 9. The van der Waals surface area contributed by atoms with Crippen LogP contribution in [0.4, 0.5) is 0 Å². The second kappa shape index (κ2) is 9.07. The molecule has 22 heavy (non-hydrogen) atoms. The minimum atomic E-state index is -0.777. The number of aliphatic carboxylic acids is 1. The van der Waals surface area contributed by atoms with Crippen LogP contribution in [0.25, 0.3) is 0 Å². The molecular weight excluding hydrogens is 282 g/mol. The van der Waals surface area contributed by atoms with E-state index in [0.29, 0.717) is 13.0 Å². The Morgan fingerprint density at radius 3 is 2.32 bits per heavy atom. The fourth-order valence-corrected chi connectivity index (χ4v) is 2.39. The summed E-state index contributed by atoms with van der Waals surface area (Å²) in [4.78, 5) is 22.1. The number of unbranched alkanes of at least 4 members (excludes halogenated alkanes) is 2. The second-order valence-corrected chi connectivity index (χ2v) is 5.57. The number of nitrogens with one attached hydrogen (secondary N) is 1. The first-order valence-corrected chi connectivity index (χ1v) is 7.59. The van der Waals surface area contributed by atoms with Gasteiger partial charge in [0.15, 0.2) is 6.61 Å². The van der Waals surface area contributed by atoms with Gasteiger partial charge >= 0.3 is 5.97 Å². The molecule has 0 radical (unpaired) electrons. The number of carbonyl (C=O) groups excluding carboxylic acids is 1. The average molecular weight is 307 g/mol. The van der Waals surface area contributed by atoms with Crippen molar-refractivity contribution in [1.82, 2.24) is 5.32 Å². The van der Waals surface area contributed by atoms with Crippen LogP contribution in [0.15, 0.2) is 12.1 Å². The largest absolute Gasteiger partial charge is 0.483 e. The van der Waals surface area contributed by atoms with Gasteiger partial charge in [-0.15, -0.1) is 0 Å². The van der Waals surface area contributed by atoms with E-state index in [4.69, 9.17) is 9.84 Å². The predicted molar refractivity (Wildman–Crippen MR) is 85.3 cm³/mol. The maximum absolute atomic E-state index is 11.7. The van der Waals surface area contributed by atoms with Gasteiger partial charge in [0.2, 0.25) is 0 Å². The fourth-order valence-electron chi connectivity index (χ4n) is 2.39. The minimum Gasteiger partial charge on any atom is -0.483 e. The minimum absolute atomic E-state index is 0.000132. The lowest BCUT2D eigenvalue weighted by Crippen LogP contribution is -2.29. The molecule has 0 aliphatic rings. The SMILES string of the molecule is Cc1cc(C)c(OCC(=O)NCCCCCC(=O)O)c(C)c1. The Kier molecular flexibility index (Phi) is 7.43. The van der Waals surface area contributed by atoms with Crippen molar-refractivity contribution in [3.05, 3.63) is 28.8 Å². The molecule has 2 N–H and O–H groups in total. The molecule has 0 aliphatic heterocycles. The Labute approximate surface area is 131 Å². The lowest BCUT2D eigenvalue weighted by molar-refractivity contribution is -0.137. The van der Waals surface area contributed by atoms with Gasteiger partial charge in [-0.2, -0.15) is 0 Å². The number of carboxylic acids is 1. The summed E-state index contributed by atoms with van der Waals surface area (Å²) in [7, 11) is 0. The van der Waals surface area contributed by atoms with E-state index in [1.807, 2.05) is 32.9 Å². The average Bonchev–Trinajstić information content (AvgIpc) is 2.41. The van der Waals surface area contributed by atoms with Crippen molar-refractivity contribution in [3.8, 4) is 5.75 Å². The highest BCUT2D eigenvalue weighted by Gasteiger charge is 2.08. The van der Waals surface area contributed by atoms with Crippen molar-refractivity contribution in [2.75, 3.05) is 13.2 Å². The first kappa shape index (κ1) is 18.0. The van der Waals surface area contributed by atoms with Crippen LogP contribution in [0, 0.1) is 20.8 Å². The third-order valence-corrected chi connectivity index (χ3v) is 3.34. The summed E-state index contributed by atoms with van der Waals surface area (Å²) >= 11 is 0. The lowest BCUT2D eigenvalue weighted by Gasteiger charge is -2.13. The van der Waals surface area contributed by atoms with Crippen molar-refractivity contribution in [2.24, 2.45) is 0 Å². The molecule has 0 bridgehead atoms. The van der Waals surface area contributed by atoms with Crippen LogP contribution in [0.1, 0.15) is 42.4 Å². The number of benzene rings is 1. The van der Waals surface area contributed by atoms with Crippen LogP contribution in [0.2, 0.25) is 0 Å². The van der Waals surface area contributed by atoms with Crippen LogP contribution >= 0.6 is 0 Å². The molecule has 0 saturated heterocycles. The molecule has 0 heterocycles. The first-order chi connectivity index (χ1) is 10.4. The van der Waals surface area contributed by atoms with Gasteiger partial charge < -0.3 is 15.2 Å². The second-order valence-electron chi connectivity index (χ2n) is 5.57. The summed E-state index contributed by atoms with van der Waals surface area (Å²) in [6.45, 7) is 6.51. The molecule has 0 atom stereocenters. The zero-order valence-corrected chi connectivity index (χ0v) is 13.6. The molecule has 5 heteroatoms. The zero-order valence-electron chi connectivity index (χ0n) is 13.6. The normalized spacial score (nSPS) is 10.3. The fraction of sp³-hybridized carbons (Fsp3) is 0.529. The van der Waals surface area contributed by atoms with E-state index >= 15 is 0 Å². The monoisotopic (exact) mass is 307 g/mol. The Balaban J connectivity index is 2.25. The molecule has 0 aliphatic carbocycles. The van der Waals surface area contributed by atoms with Crippen LogP contribution in [0.5, 0.6) is 5.75 Å². The molecule has 1 aromatic rings. The van der Waals surface area contributed by atoms with Gasteiger partial charge in [0, 0.05) is 13.0 Å². The van der Waals surface area contributed by atoms with Crippen LogP contribution in [-0.2, 0) is 9.59 Å². The Hall–Kier alpha value is -2.04. The highest BCUT2D eigenvalue weighted by molar-refractivity contribution is 5.77. The van der Waals surface area contributed by atoms with Crippen LogP contribution in [-0.4, -0.2) is 30.1 Å². The molecule has 0 spiro atoms. The van der Waals surface area contributed by atoms with Crippen molar-refractivity contribution in [2.45, 2.75) is 46.5 Å². The number of hydrogen-bond donors (Lipinski definition) is 2. The van der Waals surface area contributed by atoms with E-state index in [0.717, 1.165) is 29.7 Å². The Bertz CT molecular complexity index is 502. The quantitative estimate of drug-likeness (QED) is 0.688. The van der Waals surface area contributed by atoms with E-state index in [1.165, 1.54) is 5.56 Å². The topological polar surface area (TPSA) is 75.6 Å². The zero-order chi connectivity index (χ0) is 16.5. The number of ether oxygens (including phenoxy) is 1. The molecule has 1 aromatic carbocycles. The number of hydrogen-bond acceptors (Lipinski definition) is 3. The molecule has 0 saturated carbocycles. The van der Waals surface area contributed by atoms with E-state index in [2.05, 4.69) is 5.32 Å². The van der Waals surface area contributed by atoms with Gasteiger partial charge in [0.25, 0.3) is 5.91 Å². The standard InChI is InChI=1S/C17H25NO4/c1-12-9-13(2)17(14(3)10-12)22-11-15(19)18-8-6-4-5-7-16(20)21/h9-10H,4-8,11H2,1-3H3,(H,18,19)(H,20,21). The maximum atomic E-state index is 11.7. The molecule has 0 fully saturated rings. The van der Waals surface area contributed by atoms with E-state index in [-0.39, 0.29) is 18.9 Å². The summed E-state index contributed by atoms with van der Waals surface area (Å²) in [5, 5.41) is 11.3. The van der Waals surface area contributed by atoms with Gasteiger partial charge in [-0.25, -0.2) is 0 Å². The Morgan fingerprint density at radius 1 is 1.09 bits per heavy atom. The third kappa shape index (κ3) is 6.61. The molecule has 0 unspecified atom stereocenters. The maximum Gasteiger partial charge on any atom is 0.303 e. The molecular formula is C17H25NO4. The molecule has 1 amide bonds. The first-order valence-electron chi connectivity index (χ1n) is 7.59. The van der Waals surface area contributed by atoms with E-state index in [1.54, 1.807) is 0 Å². The van der Waals surface area contributed by atoms with Crippen molar-refractivity contribution in [1.29, 1.82) is 0 Å². The number of aryl methyl sites for hydroxylation is 3.